The first-order chi connectivity index (χ1) is 6.54. The fourth-order valence-electron chi connectivity index (χ4n) is 1.16. The molecule has 1 aromatic heterocycles. The van der Waals surface area contributed by atoms with Gasteiger partial charge in [-0.15, -0.1) is 11.3 Å². The molecule has 0 aromatic carbocycles. The SMILES string of the molecule is CCC(C)CC(=O)c1cc(Br)c(C)s1. The molecule has 14 heavy (non-hydrogen) atoms. The summed E-state index contributed by atoms with van der Waals surface area (Å²) in [7, 11) is 0. The van der Waals surface area contributed by atoms with Crippen molar-refractivity contribution < 1.29 is 4.79 Å². The summed E-state index contributed by atoms with van der Waals surface area (Å²) in [5, 5.41) is 0. The summed E-state index contributed by atoms with van der Waals surface area (Å²) >= 11 is 5.00. The molecule has 0 aliphatic heterocycles. The Hall–Kier alpha value is -0.150. The molecular formula is C11H15BrOS. The van der Waals surface area contributed by atoms with Gasteiger partial charge in [-0.25, -0.2) is 0 Å². The van der Waals surface area contributed by atoms with E-state index in [2.05, 4.69) is 29.8 Å². The number of halogens is 1. The Balaban J connectivity index is 2.70. The van der Waals surface area contributed by atoms with Crippen molar-refractivity contribution >= 4 is 33.0 Å². The first kappa shape index (κ1) is 11.9. The largest absolute Gasteiger partial charge is 0.293 e. The van der Waals surface area contributed by atoms with Crippen LogP contribution in [0.1, 0.15) is 41.2 Å². The quantitative estimate of drug-likeness (QED) is 0.742. The minimum Gasteiger partial charge on any atom is -0.293 e. The summed E-state index contributed by atoms with van der Waals surface area (Å²) in [6.45, 7) is 6.26. The number of carbonyl (C=O) groups is 1. The third kappa shape index (κ3) is 2.92. The fraction of sp³-hybridized carbons (Fsp3) is 0.545. The number of rotatable bonds is 4. The zero-order chi connectivity index (χ0) is 10.7. The number of hydrogen-bond acceptors (Lipinski definition) is 2. The molecule has 1 unspecified atom stereocenters. The van der Waals surface area contributed by atoms with Crippen LogP contribution in [0, 0.1) is 12.8 Å². The second kappa shape index (κ2) is 5.08. The lowest BCUT2D eigenvalue weighted by Gasteiger charge is -2.04. The van der Waals surface area contributed by atoms with Crippen LogP contribution in [0.3, 0.4) is 0 Å². The molecule has 1 rings (SSSR count). The summed E-state index contributed by atoms with van der Waals surface area (Å²) in [5.74, 6) is 0.766. The van der Waals surface area contributed by atoms with Crippen LogP contribution in [0.25, 0.3) is 0 Å². The molecule has 78 valence electrons. The molecule has 3 heteroatoms. The van der Waals surface area contributed by atoms with Crippen LogP contribution < -0.4 is 0 Å². The van der Waals surface area contributed by atoms with Crippen LogP contribution in [-0.4, -0.2) is 5.78 Å². The lowest BCUT2D eigenvalue weighted by atomic mass is 10.0. The van der Waals surface area contributed by atoms with E-state index in [1.54, 1.807) is 11.3 Å². The first-order valence-corrected chi connectivity index (χ1v) is 6.44. The van der Waals surface area contributed by atoms with Crippen LogP contribution in [0.2, 0.25) is 0 Å². The van der Waals surface area contributed by atoms with Gasteiger partial charge in [-0.2, -0.15) is 0 Å². The molecule has 0 aliphatic carbocycles. The van der Waals surface area contributed by atoms with E-state index in [0.29, 0.717) is 12.3 Å². The Bertz CT molecular complexity index is 311. The molecule has 0 N–H and O–H groups in total. The van der Waals surface area contributed by atoms with E-state index in [1.807, 2.05) is 13.0 Å². The summed E-state index contributed by atoms with van der Waals surface area (Å²) < 4.78 is 1.05. The normalized spacial score (nSPS) is 12.9. The van der Waals surface area contributed by atoms with E-state index in [-0.39, 0.29) is 5.78 Å². The highest BCUT2D eigenvalue weighted by atomic mass is 79.9. The topological polar surface area (TPSA) is 17.1 Å². The van der Waals surface area contributed by atoms with E-state index in [1.165, 1.54) is 4.88 Å². The fourth-order valence-corrected chi connectivity index (χ4v) is 2.64. The molecule has 0 spiro atoms. The van der Waals surface area contributed by atoms with E-state index < -0.39 is 0 Å². The smallest absolute Gasteiger partial charge is 0.173 e. The van der Waals surface area contributed by atoms with Crippen molar-refractivity contribution in [3.05, 3.63) is 20.3 Å². The van der Waals surface area contributed by atoms with Gasteiger partial charge < -0.3 is 0 Å². The average molecular weight is 275 g/mol. The molecule has 1 atom stereocenters. The molecular weight excluding hydrogens is 260 g/mol. The van der Waals surface area contributed by atoms with Crippen molar-refractivity contribution in [1.29, 1.82) is 0 Å². The lowest BCUT2D eigenvalue weighted by Crippen LogP contribution is -2.03. The summed E-state index contributed by atoms with van der Waals surface area (Å²) in [4.78, 5) is 13.8. The molecule has 0 saturated heterocycles. The van der Waals surface area contributed by atoms with Gasteiger partial charge in [-0.05, 0) is 34.8 Å². The number of hydrogen-bond donors (Lipinski definition) is 0. The van der Waals surface area contributed by atoms with E-state index in [9.17, 15) is 4.79 Å². The van der Waals surface area contributed by atoms with Crippen LogP contribution in [0.4, 0.5) is 0 Å². The van der Waals surface area contributed by atoms with Gasteiger partial charge in [0.15, 0.2) is 5.78 Å². The molecule has 0 bridgehead atoms. The van der Waals surface area contributed by atoms with Gasteiger partial charge in [-0.1, -0.05) is 20.3 Å². The molecule has 0 amide bonds. The molecule has 0 saturated carbocycles. The summed E-state index contributed by atoms with van der Waals surface area (Å²) in [6, 6.07) is 1.94. The van der Waals surface area contributed by atoms with Crippen molar-refractivity contribution in [2.45, 2.75) is 33.6 Å². The molecule has 1 nitrogen and oxygen atoms in total. The van der Waals surface area contributed by atoms with Gasteiger partial charge in [0, 0.05) is 15.8 Å². The molecule has 1 aromatic rings. The van der Waals surface area contributed by atoms with E-state index in [4.69, 9.17) is 0 Å². The highest BCUT2D eigenvalue weighted by Crippen LogP contribution is 2.28. The van der Waals surface area contributed by atoms with Gasteiger partial charge >= 0.3 is 0 Å². The zero-order valence-electron chi connectivity index (χ0n) is 8.76. The minimum atomic E-state index is 0.276. The monoisotopic (exact) mass is 274 g/mol. The highest BCUT2D eigenvalue weighted by Gasteiger charge is 2.13. The Morgan fingerprint density at radius 2 is 2.29 bits per heavy atom. The van der Waals surface area contributed by atoms with Gasteiger partial charge in [0.1, 0.15) is 0 Å². The van der Waals surface area contributed by atoms with E-state index >= 15 is 0 Å². The molecule has 1 heterocycles. The predicted molar refractivity (Wildman–Crippen MR) is 65.2 cm³/mol. The predicted octanol–water partition coefficient (Wildman–Crippen LogP) is 4.44. The second-order valence-electron chi connectivity index (χ2n) is 3.66. The van der Waals surface area contributed by atoms with Crippen molar-refractivity contribution in [3.8, 4) is 0 Å². The number of ketones is 1. The van der Waals surface area contributed by atoms with Crippen LogP contribution in [-0.2, 0) is 0 Å². The average Bonchev–Trinajstić information content (AvgIpc) is 2.47. The van der Waals surface area contributed by atoms with Gasteiger partial charge in [-0.3, -0.25) is 4.79 Å². The Morgan fingerprint density at radius 1 is 1.64 bits per heavy atom. The Morgan fingerprint density at radius 3 is 2.71 bits per heavy atom. The maximum Gasteiger partial charge on any atom is 0.173 e. The molecule has 0 radical (unpaired) electrons. The standard InChI is InChI=1S/C11H15BrOS/c1-4-7(2)5-10(13)11-6-9(12)8(3)14-11/h6-7H,4-5H2,1-3H3. The van der Waals surface area contributed by atoms with Crippen molar-refractivity contribution in [2.24, 2.45) is 5.92 Å². The molecule has 0 aliphatic rings. The van der Waals surface area contributed by atoms with Gasteiger partial charge in [0.05, 0.1) is 4.88 Å². The van der Waals surface area contributed by atoms with Crippen molar-refractivity contribution in [3.63, 3.8) is 0 Å². The van der Waals surface area contributed by atoms with Gasteiger partial charge in [0.25, 0.3) is 0 Å². The Kier molecular flexibility index (Phi) is 4.32. The highest BCUT2D eigenvalue weighted by molar-refractivity contribution is 9.10. The number of thiophene rings is 1. The number of carbonyl (C=O) groups excluding carboxylic acids is 1. The summed E-state index contributed by atoms with van der Waals surface area (Å²) in [5.41, 5.74) is 0. The van der Waals surface area contributed by atoms with E-state index in [0.717, 1.165) is 15.8 Å². The van der Waals surface area contributed by atoms with Crippen molar-refractivity contribution in [2.75, 3.05) is 0 Å². The second-order valence-corrected chi connectivity index (χ2v) is 5.77. The van der Waals surface area contributed by atoms with Gasteiger partial charge in [0.2, 0.25) is 0 Å². The maximum atomic E-state index is 11.8. The van der Waals surface area contributed by atoms with Crippen molar-refractivity contribution in [1.82, 2.24) is 0 Å². The third-order valence-electron chi connectivity index (χ3n) is 2.36. The first-order valence-electron chi connectivity index (χ1n) is 4.83. The maximum absolute atomic E-state index is 11.8. The number of Topliss-reactive ketones (excluding diaryl/α,β-unsaturated/α-hetero) is 1. The number of aryl methyl sites for hydroxylation is 1. The third-order valence-corrected chi connectivity index (χ3v) is 4.54. The summed E-state index contributed by atoms with van der Waals surface area (Å²) in [6.07, 6.45) is 1.74. The van der Waals surface area contributed by atoms with Crippen LogP contribution in [0.5, 0.6) is 0 Å². The van der Waals surface area contributed by atoms with Crippen LogP contribution in [0.15, 0.2) is 10.5 Å². The minimum absolute atomic E-state index is 0.276. The van der Waals surface area contributed by atoms with Crippen LogP contribution >= 0.6 is 27.3 Å². The Labute approximate surface area is 97.7 Å². The zero-order valence-corrected chi connectivity index (χ0v) is 11.2. The molecule has 0 fully saturated rings. The lowest BCUT2D eigenvalue weighted by molar-refractivity contribution is 0.0967.